The van der Waals surface area contributed by atoms with Gasteiger partial charge in [-0.15, -0.1) is 0 Å². The number of rotatable bonds is 5. The summed E-state index contributed by atoms with van der Waals surface area (Å²) in [6.07, 6.45) is 3.22. The SMILES string of the molecule is CC(C)C(CBr)NC(=O)CC1CC1. The number of nitrogens with one attached hydrogen (secondary N) is 1. The molecule has 0 aliphatic heterocycles. The lowest BCUT2D eigenvalue weighted by Gasteiger charge is -2.19. The molecular weight excluding hydrogens is 230 g/mol. The van der Waals surface area contributed by atoms with Crippen molar-refractivity contribution in [2.24, 2.45) is 11.8 Å². The molecule has 1 rings (SSSR count). The summed E-state index contributed by atoms with van der Waals surface area (Å²) >= 11 is 3.41. The molecule has 2 nitrogen and oxygen atoms in total. The third-order valence-corrected chi connectivity index (χ3v) is 3.19. The number of hydrogen-bond acceptors (Lipinski definition) is 1. The minimum absolute atomic E-state index is 0.223. The van der Waals surface area contributed by atoms with Crippen molar-refractivity contribution in [2.75, 3.05) is 5.33 Å². The van der Waals surface area contributed by atoms with E-state index in [1.165, 1.54) is 12.8 Å². The van der Waals surface area contributed by atoms with E-state index in [-0.39, 0.29) is 11.9 Å². The third kappa shape index (κ3) is 4.12. The predicted molar refractivity (Wildman–Crippen MR) is 57.9 cm³/mol. The number of amides is 1. The first-order chi connectivity index (χ1) is 6.13. The summed E-state index contributed by atoms with van der Waals surface area (Å²) in [4.78, 5) is 11.4. The molecule has 1 fully saturated rings. The molecule has 1 saturated carbocycles. The van der Waals surface area contributed by atoms with Crippen LogP contribution in [0.3, 0.4) is 0 Å². The highest BCUT2D eigenvalue weighted by Crippen LogP contribution is 2.32. The molecule has 76 valence electrons. The molecule has 1 N–H and O–H groups in total. The molecule has 1 amide bonds. The second-order valence-electron chi connectivity index (χ2n) is 4.22. The van der Waals surface area contributed by atoms with Gasteiger partial charge < -0.3 is 5.32 Å². The number of hydrogen-bond donors (Lipinski definition) is 1. The van der Waals surface area contributed by atoms with Crippen molar-refractivity contribution in [1.82, 2.24) is 5.32 Å². The Hall–Kier alpha value is -0.0500. The summed E-state index contributed by atoms with van der Waals surface area (Å²) in [7, 11) is 0. The maximum absolute atomic E-state index is 11.4. The topological polar surface area (TPSA) is 29.1 Å². The van der Waals surface area contributed by atoms with Gasteiger partial charge in [0.05, 0.1) is 0 Å². The quantitative estimate of drug-likeness (QED) is 0.743. The van der Waals surface area contributed by atoms with Gasteiger partial charge in [0.15, 0.2) is 0 Å². The van der Waals surface area contributed by atoms with Gasteiger partial charge in [0, 0.05) is 17.8 Å². The van der Waals surface area contributed by atoms with Crippen LogP contribution in [0.4, 0.5) is 0 Å². The molecule has 3 heteroatoms. The van der Waals surface area contributed by atoms with Crippen molar-refractivity contribution in [1.29, 1.82) is 0 Å². The maximum atomic E-state index is 11.4. The first kappa shape index (κ1) is 11.0. The normalized spacial score (nSPS) is 18.8. The van der Waals surface area contributed by atoms with Crippen LogP contribution in [0.2, 0.25) is 0 Å². The van der Waals surface area contributed by atoms with E-state index in [9.17, 15) is 4.79 Å². The van der Waals surface area contributed by atoms with Gasteiger partial charge in [0.1, 0.15) is 0 Å². The van der Waals surface area contributed by atoms with Crippen molar-refractivity contribution < 1.29 is 4.79 Å². The second kappa shape index (κ2) is 4.99. The summed E-state index contributed by atoms with van der Waals surface area (Å²) < 4.78 is 0. The standard InChI is InChI=1S/C10H18BrNO/c1-7(2)9(6-11)12-10(13)5-8-3-4-8/h7-9H,3-6H2,1-2H3,(H,12,13). The van der Waals surface area contributed by atoms with Crippen molar-refractivity contribution >= 4 is 21.8 Å². The molecule has 13 heavy (non-hydrogen) atoms. The first-order valence-corrected chi connectivity index (χ1v) is 6.11. The first-order valence-electron chi connectivity index (χ1n) is 4.98. The van der Waals surface area contributed by atoms with Crippen LogP contribution in [0.5, 0.6) is 0 Å². The van der Waals surface area contributed by atoms with E-state index in [2.05, 4.69) is 35.1 Å². The van der Waals surface area contributed by atoms with E-state index in [0.29, 0.717) is 11.8 Å². The largest absolute Gasteiger partial charge is 0.352 e. The Morgan fingerprint density at radius 1 is 1.54 bits per heavy atom. The Labute approximate surface area is 88.6 Å². The van der Waals surface area contributed by atoms with Gasteiger partial charge in [-0.25, -0.2) is 0 Å². The molecule has 1 atom stereocenters. The van der Waals surface area contributed by atoms with E-state index >= 15 is 0 Å². The highest BCUT2D eigenvalue weighted by atomic mass is 79.9. The summed E-state index contributed by atoms with van der Waals surface area (Å²) in [5.74, 6) is 1.41. The van der Waals surface area contributed by atoms with E-state index in [1.807, 2.05) is 0 Å². The molecule has 0 spiro atoms. The van der Waals surface area contributed by atoms with Crippen molar-refractivity contribution in [3.63, 3.8) is 0 Å². The van der Waals surface area contributed by atoms with Gasteiger partial charge in [-0.3, -0.25) is 4.79 Å². The fourth-order valence-electron chi connectivity index (χ4n) is 1.23. The zero-order valence-corrected chi connectivity index (χ0v) is 9.93. The van der Waals surface area contributed by atoms with Gasteiger partial charge in [-0.05, 0) is 24.7 Å². The molecule has 1 aliphatic rings. The van der Waals surface area contributed by atoms with Crippen molar-refractivity contribution in [3.05, 3.63) is 0 Å². The summed E-state index contributed by atoms with van der Waals surface area (Å²) in [5.41, 5.74) is 0. The van der Waals surface area contributed by atoms with Crippen LogP contribution in [-0.2, 0) is 4.79 Å². The molecule has 0 bridgehead atoms. The minimum atomic E-state index is 0.223. The zero-order chi connectivity index (χ0) is 9.84. The van der Waals surface area contributed by atoms with Crippen LogP contribution in [-0.4, -0.2) is 17.3 Å². The molecule has 0 aromatic heterocycles. The highest BCUT2D eigenvalue weighted by molar-refractivity contribution is 9.09. The molecule has 0 aromatic rings. The van der Waals surface area contributed by atoms with Crippen molar-refractivity contribution in [3.8, 4) is 0 Å². The van der Waals surface area contributed by atoms with E-state index in [0.717, 1.165) is 11.8 Å². The molecular formula is C10H18BrNO. The summed E-state index contributed by atoms with van der Waals surface area (Å²) in [6, 6.07) is 0.284. The van der Waals surface area contributed by atoms with Gasteiger partial charge >= 0.3 is 0 Å². The highest BCUT2D eigenvalue weighted by Gasteiger charge is 2.25. The average Bonchev–Trinajstić information content (AvgIpc) is 2.83. The smallest absolute Gasteiger partial charge is 0.220 e. The fourth-order valence-corrected chi connectivity index (χ4v) is 2.14. The predicted octanol–water partition coefficient (Wildman–Crippen LogP) is 2.32. The third-order valence-electron chi connectivity index (χ3n) is 2.49. The number of halogens is 1. The maximum Gasteiger partial charge on any atom is 0.220 e. The van der Waals surface area contributed by atoms with Gasteiger partial charge in [-0.2, -0.15) is 0 Å². The molecule has 0 heterocycles. The monoisotopic (exact) mass is 247 g/mol. The fraction of sp³-hybridized carbons (Fsp3) is 0.900. The Balaban J connectivity index is 2.22. The Kier molecular flexibility index (Phi) is 4.23. The van der Waals surface area contributed by atoms with E-state index in [4.69, 9.17) is 0 Å². The molecule has 0 aromatic carbocycles. The lowest BCUT2D eigenvalue weighted by molar-refractivity contribution is -0.122. The Morgan fingerprint density at radius 2 is 2.15 bits per heavy atom. The van der Waals surface area contributed by atoms with E-state index < -0.39 is 0 Å². The van der Waals surface area contributed by atoms with Crippen LogP contribution in [0.15, 0.2) is 0 Å². The number of carbonyl (C=O) groups excluding carboxylic acids is 1. The Morgan fingerprint density at radius 3 is 2.54 bits per heavy atom. The van der Waals surface area contributed by atoms with Crippen LogP contribution in [0.1, 0.15) is 33.1 Å². The zero-order valence-electron chi connectivity index (χ0n) is 8.35. The van der Waals surface area contributed by atoms with Crippen LogP contribution >= 0.6 is 15.9 Å². The van der Waals surface area contributed by atoms with Crippen LogP contribution in [0.25, 0.3) is 0 Å². The summed E-state index contributed by atoms with van der Waals surface area (Å²) in [6.45, 7) is 4.26. The van der Waals surface area contributed by atoms with Gasteiger partial charge in [0.25, 0.3) is 0 Å². The molecule has 1 unspecified atom stereocenters. The lowest BCUT2D eigenvalue weighted by atomic mass is 10.1. The second-order valence-corrected chi connectivity index (χ2v) is 4.87. The Bertz CT molecular complexity index is 178. The number of carbonyl (C=O) groups is 1. The van der Waals surface area contributed by atoms with Crippen LogP contribution in [0, 0.1) is 11.8 Å². The average molecular weight is 248 g/mol. The molecule has 0 radical (unpaired) electrons. The summed E-state index contributed by atoms with van der Waals surface area (Å²) in [5, 5.41) is 3.90. The number of alkyl halides is 1. The molecule has 0 saturated heterocycles. The van der Waals surface area contributed by atoms with Gasteiger partial charge in [0.2, 0.25) is 5.91 Å². The van der Waals surface area contributed by atoms with E-state index in [1.54, 1.807) is 0 Å². The van der Waals surface area contributed by atoms with Crippen molar-refractivity contribution in [2.45, 2.75) is 39.2 Å². The molecule has 1 aliphatic carbocycles. The van der Waals surface area contributed by atoms with Crippen LogP contribution < -0.4 is 5.32 Å². The minimum Gasteiger partial charge on any atom is -0.352 e. The lowest BCUT2D eigenvalue weighted by Crippen LogP contribution is -2.39. The van der Waals surface area contributed by atoms with Gasteiger partial charge in [-0.1, -0.05) is 29.8 Å².